The Hall–Kier alpha value is -0.570. The van der Waals surface area contributed by atoms with Gasteiger partial charge in [-0.15, -0.1) is 0 Å². The Kier molecular flexibility index (Phi) is 3.01. The first-order valence-corrected chi connectivity index (χ1v) is 6.12. The maximum atomic E-state index is 11.3. The lowest BCUT2D eigenvalue weighted by Crippen LogP contribution is -2.49. The zero-order chi connectivity index (χ0) is 10.9. The molecule has 3 nitrogen and oxygen atoms in total. The maximum Gasteiger partial charge on any atom is 0.310 e. The van der Waals surface area contributed by atoms with Crippen molar-refractivity contribution in [3.05, 3.63) is 0 Å². The van der Waals surface area contributed by atoms with Crippen molar-refractivity contribution in [2.75, 3.05) is 13.1 Å². The van der Waals surface area contributed by atoms with E-state index in [1.807, 2.05) is 6.92 Å². The molecule has 1 N–H and O–H groups in total. The van der Waals surface area contributed by atoms with Gasteiger partial charge in [0.2, 0.25) is 0 Å². The number of nitrogens with zero attached hydrogens (tertiary/aromatic N) is 1. The third-order valence-corrected chi connectivity index (χ3v) is 4.23. The molecule has 3 heteroatoms. The van der Waals surface area contributed by atoms with E-state index >= 15 is 0 Å². The van der Waals surface area contributed by atoms with Gasteiger partial charge in [0.15, 0.2) is 0 Å². The minimum Gasteiger partial charge on any atom is -0.481 e. The van der Waals surface area contributed by atoms with Crippen LogP contribution in [0, 0.1) is 5.41 Å². The van der Waals surface area contributed by atoms with Crippen LogP contribution in [-0.2, 0) is 4.79 Å². The minimum atomic E-state index is -0.601. The molecule has 0 radical (unpaired) electrons. The zero-order valence-corrected chi connectivity index (χ0v) is 9.54. The van der Waals surface area contributed by atoms with Gasteiger partial charge in [-0.25, -0.2) is 0 Å². The fourth-order valence-electron chi connectivity index (χ4n) is 3.21. The number of likely N-dealkylation sites (tertiary alicyclic amines) is 1. The van der Waals surface area contributed by atoms with Crippen LogP contribution < -0.4 is 0 Å². The number of carbonyl (C=O) groups is 1. The molecule has 0 aromatic heterocycles. The van der Waals surface area contributed by atoms with Crippen LogP contribution in [0.4, 0.5) is 0 Å². The Morgan fingerprint density at radius 3 is 2.53 bits per heavy atom. The van der Waals surface area contributed by atoms with Gasteiger partial charge in [0, 0.05) is 6.04 Å². The molecule has 0 aromatic carbocycles. The molecule has 2 atom stereocenters. The molecule has 1 aliphatic heterocycles. The third kappa shape index (κ3) is 1.89. The van der Waals surface area contributed by atoms with Gasteiger partial charge in [-0.2, -0.15) is 0 Å². The van der Waals surface area contributed by atoms with Crippen molar-refractivity contribution >= 4 is 5.97 Å². The highest BCUT2D eigenvalue weighted by atomic mass is 16.4. The number of piperidine rings is 1. The minimum absolute atomic E-state index is 0.287. The lowest BCUT2D eigenvalue weighted by atomic mass is 9.83. The molecular weight excluding hydrogens is 190 g/mol. The Balaban J connectivity index is 2.09. The van der Waals surface area contributed by atoms with Gasteiger partial charge in [-0.05, 0) is 45.7 Å². The van der Waals surface area contributed by atoms with E-state index in [1.165, 1.54) is 19.3 Å². The van der Waals surface area contributed by atoms with Crippen LogP contribution in [0.5, 0.6) is 0 Å². The predicted octanol–water partition coefficient (Wildman–Crippen LogP) is 2.12. The van der Waals surface area contributed by atoms with Gasteiger partial charge < -0.3 is 5.11 Å². The van der Waals surface area contributed by atoms with Crippen molar-refractivity contribution < 1.29 is 9.90 Å². The van der Waals surface area contributed by atoms with Crippen molar-refractivity contribution in [3.63, 3.8) is 0 Å². The van der Waals surface area contributed by atoms with Crippen LogP contribution in [0.15, 0.2) is 0 Å². The molecule has 1 aliphatic carbocycles. The van der Waals surface area contributed by atoms with Gasteiger partial charge in [0.05, 0.1) is 5.41 Å². The molecule has 1 saturated heterocycles. The molecule has 1 heterocycles. The number of hydrogen-bond donors (Lipinski definition) is 1. The van der Waals surface area contributed by atoms with Gasteiger partial charge in [0.1, 0.15) is 0 Å². The van der Waals surface area contributed by atoms with Gasteiger partial charge in [-0.3, -0.25) is 9.69 Å². The Morgan fingerprint density at radius 2 is 1.93 bits per heavy atom. The van der Waals surface area contributed by atoms with Crippen molar-refractivity contribution in [2.45, 2.75) is 51.5 Å². The van der Waals surface area contributed by atoms with E-state index in [0.29, 0.717) is 0 Å². The monoisotopic (exact) mass is 211 g/mol. The Bertz CT molecular complexity index is 248. The SMILES string of the molecule is CC1(C(=O)O)CCCC1N1CCCCC1. The summed E-state index contributed by atoms with van der Waals surface area (Å²) in [5, 5.41) is 9.35. The summed E-state index contributed by atoms with van der Waals surface area (Å²) in [5.41, 5.74) is -0.489. The molecule has 0 spiro atoms. The number of hydrogen-bond acceptors (Lipinski definition) is 2. The van der Waals surface area contributed by atoms with E-state index in [9.17, 15) is 9.90 Å². The van der Waals surface area contributed by atoms with Gasteiger partial charge >= 0.3 is 5.97 Å². The summed E-state index contributed by atoms with van der Waals surface area (Å²) in [6.07, 6.45) is 6.79. The highest BCUT2D eigenvalue weighted by Gasteiger charge is 2.47. The van der Waals surface area contributed by atoms with Crippen molar-refractivity contribution in [3.8, 4) is 0 Å². The molecular formula is C12H21NO2. The first-order valence-electron chi connectivity index (χ1n) is 6.12. The fourth-order valence-corrected chi connectivity index (χ4v) is 3.21. The Morgan fingerprint density at radius 1 is 1.27 bits per heavy atom. The van der Waals surface area contributed by atoms with Crippen molar-refractivity contribution in [1.82, 2.24) is 4.90 Å². The second-order valence-corrected chi connectivity index (χ2v) is 5.23. The molecule has 2 fully saturated rings. The van der Waals surface area contributed by atoms with E-state index in [1.54, 1.807) is 0 Å². The number of carboxylic acids is 1. The summed E-state index contributed by atoms with van der Waals surface area (Å²) < 4.78 is 0. The standard InChI is InChI=1S/C12H21NO2/c1-12(11(14)15)7-5-6-10(12)13-8-3-2-4-9-13/h10H,2-9H2,1H3,(H,14,15). The van der Waals surface area contributed by atoms with Crippen molar-refractivity contribution in [1.29, 1.82) is 0 Å². The zero-order valence-electron chi connectivity index (χ0n) is 9.54. The van der Waals surface area contributed by atoms with Crippen LogP contribution >= 0.6 is 0 Å². The van der Waals surface area contributed by atoms with Gasteiger partial charge in [0.25, 0.3) is 0 Å². The van der Waals surface area contributed by atoms with E-state index < -0.39 is 11.4 Å². The van der Waals surface area contributed by atoms with Gasteiger partial charge in [-0.1, -0.05) is 12.8 Å². The number of carboxylic acid groups (broad SMARTS) is 1. The van der Waals surface area contributed by atoms with Crippen LogP contribution in [0.2, 0.25) is 0 Å². The quantitative estimate of drug-likeness (QED) is 0.760. The molecule has 15 heavy (non-hydrogen) atoms. The average molecular weight is 211 g/mol. The van der Waals surface area contributed by atoms with E-state index in [0.717, 1.165) is 32.4 Å². The number of rotatable bonds is 2. The third-order valence-electron chi connectivity index (χ3n) is 4.23. The van der Waals surface area contributed by atoms with Crippen LogP contribution in [-0.4, -0.2) is 35.1 Å². The largest absolute Gasteiger partial charge is 0.481 e. The van der Waals surface area contributed by atoms with Crippen LogP contribution in [0.3, 0.4) is 0 Å². The lowest BCUT2D eigenvalue weighted by molar-refractivity contribution is -0.151. The van der Waals surface area contributed by atoms with Crippen molar-refractivity contribution in [2.24, 2.45) is 5.41 Å². The topological polar surface area (TPSA) is 40.5 Å². The maximum absolute atomic E-state index is 11.3. The summed E-state index contributed by atoms with van der Waals surface area (Å²) in [6, 6.07) is 0.287. The highest BCUT2D eigenvalue weighted by Crippen LogP contribution is 2.42. The molecule has 2 aliphatic rings. The molecule has 1 saturated carbocycles. The molecule has 0 amide bonds. The molecule has 2 rings (SSSR count). The summed E-state index contributed by atoms with van der Waals surface area (Å²) in [7, 11) is 0. The second kappa shape index (κ2) is 4.12. The molecule has 0 bridgehead atoms. The Labute approximate surface area is 91.5 Å². The number of aliphatic carboxylic acids is 1. The first-order chi connectivity index (χ1) is 7.14. The summed E-state index contributed by atoms with van der Waals surface area (Å²) >= 11 is 0. The van der Waals surface area contributed by atoms with E-state index in [-0.39, 0.29) is 6.04 Å². The van der Waals surface area contributed by atoms with Crippen LogP contribution in [0.25, 0.3) is 0 Å². The van der Waals surface area contributed by atoms with Crippen LogP contribution in [0.1, 0.15) is 45.4 Å². The summed E-state index contributed by atoms with van der Waals surface area (Å²) in [5.74, 6) is -0.601. The highest BCUT2D eigenvalue weighted by molar-refractivity contribution is 5.75. The summed E-state index contributed by atoms with van der Waals surface area (Å²) in [6.45, 7) is 4.14. The smallest absolute Gasteiger partial charge is 0.310 e. The average Bonchev–Trinajstić information content (AvgIpc) is 2.63. The summed E-state index contributed by atoms with van der Waals surface area (Å²) in [4.78, 5) is 13.8. The normalized spacial score (nSPS) is 38.1. The molecule has 2 unspecified atom stereocenters. The van der Waals surface area contributed by atoms with E-state index in [2.05, 4.69) is 4.90 Å². The predicted molar refractivity (Wildman–Crippen MR) is 58.8 cm³/mol. The second-order valence-electron chi connectivity index (χ2n) is 5.23. The van der Waals surface area contributed by atoms with E-state index in [4.69, 9.17) is 0 Å². The lowest BCUT2D eigenvalue weighted by Gasteiger charge is -2.39. The molecule has 86 valence electrons. The molecule has 0 aromatic rings. The fraction of sp³-hybridized carbons (Fsp3) is 0.917. The first kappa shape index (κ1) is 10.9.